The fraction of sp³-hybridized carbons (Fsp3) is 0.875. The monoisotopic (exact) mass is 311 g/mol. The number of ether oxygens (including phenoxy) is 1. The maximum atomic E-state index is 12.3. The summed E-state index contributed by atoms with van der Waals surface area (Å²) in [5.74, 6) is 0.640. The standard InChI is InChI=1S/C16H29N3O3/c17-12-16(5-9-22-10-6-16)15(21)19-8-7-18-14(20)11-13-3-1-2-4-13/h13H,1-12,17H2,(H,18,20)(H,19,21). The van der Waals surface area contributed by atoms with Gasteiger partial charge in [-0.1, -0.05) is 12.8 Å². The molecular weight excluding hydrogens is 282 g/mol. The quantitative estimate of drug-likeness (QED) is 0.599. The molecule has 126 valence electrons. The van der Waals surface area contributed by atoms with Crippen molar-refractivity contribution in [1.29, 1.82) is 0 Å². The molecule has 6 nitrogen and oxygen atoms in total. The van der Waals surface area contributed by atoms with Gasteiger partial charge in [-0.3, -0.25) is 9.59 Å². The van der Waals surface area contributed by atoms with Gasteiger partial charge in [0.25, 0.3) is 0 Å². The molecule has 0 atom stereocenters. The number of nitrogens with two attached hydrogens (primary N) is 1. The highest BCUT2D eigenvalue weighted by atomic mass is 16.5. The average Bonchev–Trinajstić information content (AvgIpc) is 3.04. The number of carbonyl (C=O) groups is 2. The first-order valence-electron chi connectivity index (χ1n) is 8.49. The minimum absolute atomic E-state index is 0.0108. The van der Waals surface area contributed by atoms with E-state index in [2.05, 4.69) is 10.6 Å². The molecule has 22 heavy (non-hydrogen) atoms. The zero-order chi connectivity index (χ0) is 15.8. The lowest BCUT2D eigenvalue weighted by Gasteiger charge is -2.34. The first-order valence-corrected chi connectivity index (χ1v) is 8.49. The lowest BCUT2D eigenvalue weighted by molar-refractivity contribution is -0.136. The van der Waals surface area contributed by atoms with Crippen molar-refractivity contribution in [1.82, 2.24) is 10.6 Å². The Balaban J connectivity index is 1.62. The molecule has 0 spiro atoms. The summed E-state index contributed by atoms with van der Waals surface area (Å²) >= 11 is 0. The maximum absolute atomic E-state index is 12.3. The number of hydrogen-bond acceptors (Lipinski definition) is 4. The van der Waals surface area contributed by atoms with Gasteiger partial charge in [-0.15, -0.1) is 0 Å². The van der Waals surface area contributed by atoms with Gasteiger partial charge in [0.05, 0.1) is 5.41 Å². The van der Waals surface area contributed by atoms with Crippen molar-refractivity contribution in [3.8, 4) is 0 Å². The van der Waals surface area contributed by atoms with Crippen molar-refractivity contribution in [2.75, 3.05) is 32.8 Å². The van der Waals surface area contributed by atoms with Gasteiger partial charge in [-0.05, 0) is 31.6 Å². The summed E-state index contributed by atoms with van der Waals surface area (Å²) in [4.78, 5) is 24.1. The summed E-state index contributed by atoms with van der Waals surface area (Å²) < 4.78 is 5.30. The summed E-state index contributed by atoms with van der Waals surface area (Å²) in [7, 11) is 0. The van der Waals surface area contributed by atoms with Gasteiger partial charge in [0, 0.05) is 39.3 Å². The molecule has 6 heteroatoms. The van der Waals surface area contributed by atoms with Crippen LogP contribution in [0.1, 0.15) is 44.9 Å². The van der Waals surface area contributed by atoms with Crippen LogP contribution in [0.5, 0.6) is 0 Å². The van der Waals surface area contributed by atoms with E-state index in [9.17, 15) is 9.59 Å². The van der Waals surface area contributed by atoms with Crippen LogP contribution in [-0.4, -0.2) is 44.7 Å². The Kier molecular flexibility index (Phi) is 6.64. The molecule has 2 rings (SSSR count). The summed E-state index contributed by atoms with van der Waals surface area (Å²) in [5, 5.41) is 5.79. The van der Waals surface area contributed by atoms with Crippen LogP contribution >= 0.6 is 0 Å². The molecule has 1 saturated heterocycles. The minimum atomic E-state index is -0.494. The molecule has 2 aliphatic rings. The molecule has 1 aliphatic carbocycles. The van der Waals surface area contributed by atoms with Gasteiger partial charge in [0.2, 0.25) is 11.8 Å². The molecule has 2 amide bonds. The number of rotatable bonds is 7. The normalized spacial score (nSPS) is 21.5. The predicted molar refractivity (Wildman–Crippen MR) is 84.1 cm³/mol. The van der Waals surface area contributed by atoms with E-state index in [1.54, 1.807) is 0 Å². The number of carbonyl (C=O) groups excluding carboxylic acids is 2. The lowest BCUT2D eigenvalue weighted by Crippen LogP contribution is -2.50. The molecule has 1 saturated carbocycles. The molecule has 0 aromatic rings. The highest BCUT2D eigenvalue weighted by Gasteiger charge is 2.38. The second kappa shape index (κ2) is 8.48. The van der Waals surface area contributed by atoms with E-state index < -0.39 is 5.41 Å². The molecule has 1 aliphatic heterocycles. The third-order valence-electron chi connectivity index (χ3n) is 5.00. The van der Waals surface area contributed by atoms with Crippen molar-refractivity contribution in [3.63, 3.8) is 0 Å². The molecule has 2 fully saturated rings. The van der Waals surface area contributed by atoms with Gasteiger partial charge in [-0.2, -0.15) is 0 Å². The van der Waals surface area contributed by atoms with E-state index in [1.807, 2.05) is 0 Å². The topological polar surface area (TPSA) is 93.5 Å². The second-order valence-electron chi connectivity index (χ2n) is 6.56. The van der Waals surface area contributed by atoms with Crippen molar-refractivity contribution >= 4 is 11.8 Å². The van der Waals surface area contributed by atoms with E-state index in [0.717, 1.165) is 0 Å². The van der Waals surface area contributed by atoms with Crippen molar-refractivity contribution in [2.24, 2.45) is 17.1 Å². The lowest BCUT2D eigenvalue weighted by atomic mass is 9.79. The van der Waals surface area contributed by atoms with Crippen molar-refractivity contribution in [2.45, 2.75) is 44.9 Å². The fourth-order valence-corrected chi connectivity index (χ4v) is 3.40. The molecule has 1 heterocycles. The maximum Gasteiger partial charge on any atom is 0.227 e. The zero-order valence-electron chi connectivity index (χ0n) is 13.4. The Bertz CT molecular complexity index is 375. The molecule has 0 bridgehead atoms. The predicted octanol–water partition coefficient (Wildman–Crippen LogP) is 0.555. The van der Waals surface area contributed by atoms with Crippen LogP contribution < -0.4 is 16.4 Å². The number of amides is 2. The van der Waals surface area contributed by atoms with E-state index in [-0.39, 0.29) is 11.8 Å². The highest BCUT2D eigenvalue weighted by molar-refractivity contribution is 5.83. The Labute approximate surface area is 132 Å². The molecular formula is C16H29N3O3. The fourth-order valence-electron chi connectivity index (χ4n) is 3.40. The van der Waals surface area contributed by atoms with Crippen LogP contribution in [0.2, 0.25) is 0 Å². The van der Waals surface area contributed by atoms with Crippen LogP contribution in [0.3, 0.4) is 0 Å². The van der Waals surface area contributed by atoms with E-state index in [0.29, 0.717) is 58.0 Å². The Morgan fingerprint density at radius 2 is 1.73 bits per heavy atom. The number of nitrogens with one attached hydrogen (secondary N) is 2. The van der Waals surface area contributed by atoms with Gasteiger partial charge in [0.15, 0.2) is 0 Å². The second-order valence-corrected chi connectivity index (χ2v) is 6.56. The summed E-state index contributed by atoms with van der Waals surface area (Å²) in [6.07, 6.45) is 6.80. The average molecular weight is 311 g/mol. The van der Waals surface area contributed by atoms with Crippen LogP contribution in [-0.2, 0) is 14.3 Å². The first-order chi connectivity index (χ1) is 10.7. The number of hydrogen-bond donors (Lipinski definition) is 3. The van der Waals surface area contributed by atoms with E-state index in [1.165, 1.54) is 25.7 Å². The smallest absolute Gasteiger partial charge is 0.227 e. The molecule has 0 aromatic carbocycles. The largest absolute Gasteiger partial charge is 0.381 e. The molecule has 4 N–H and O–H groups in total. The Morgan fingerprint density at radius 1 is 1.09 bits per heavy atom. The molecule has 0 aromatic heterocycles. The SMILES string of the molecule is NCC1(C(=O)NCCNC(=O)CC2CCCC2)CCOCC1. The van der Waals surface area contributed by atoms with Crippen LogP contribution in [0.15, 0.2) is 0 Å². The van der Waals surface area contributed by atoms with Gasteiger partial charge >= 0.3 is 0 Å². The summed E-state index contributed by atoms with van der Waals surface area (Å²) in [6.45, 7) is 2.45. The van der Waals surface area contributed by atoms with Crippen molar-refractivity contribution < 1.29 is 14.3 Å². The third kappa shape index (κ3) is 4.68. The zero-order valence-corrected chi connectivity index (χ0v) is 13.4. The van der Waals surface area contributed by atoms with Crippen LogP contribution in [0.25, 0.3) is 0 Å². The molecule has 0 unspecified atom stereocenters. The van der Waals surface area contributed by atoms with Gasteiger partial charge in [0.1, 0.15) is 0 Å². The third-order valence-corrected chi connectivity index (χ3v) is 5.00. The van der Waals surface area contributed by atoms with Gasteiger partial charge < -0.3 is 21.1 Å². The van der Waals surface area contributed by atoms with E-state index >= 15 is 0 Å². The highest BCUT2D eigenvalue weighted by Crippen LogP contribution is 2.29. The minimum Gasteiger partial charge on any atom is -0.381 e. The van der Waals surface area contributed by atoms with Gasteiger partial charge in [-0.25, -0.2) is 0 Å². The van der Waals surface area contributed by atoms with Crippen LogP contribution in [0, 0.1) is 11.3 Å². The van der Waals surface area contributed by atoms with Crippen molar-refractivity contribution in [3.05, 3.63) is 0 Å². The van der Waals surface area contributed by atoms with E-state index in [4.69, 9.17) is 10.5 Å². The summed E-state index contributed by atoms with van der Waals surface area (Å²) in [5.41, 5.74) is 5.30. The Morgan fingerprint density at radius 3 is 2.36 bits per heavy atom. The molecule has 0 radical (unpaired) electrons. The first kappa shape index (κ1) is 17.2. The summed E-state index contributed by atoms with van der Waals surface area (Å²) in [6, 6.07) is 0. The Hall–Kier alpha value is -1.14. The van der Waals surface area contributed by atoms with Crippen LogP contribution in [0.4, 0.5) is 0 Å².